The van der Waals surface area contributed by atoms with Crippen LogP contribution in [0.3, 0.4) is 0 Å². The number of benzene rings is 2. The lowest BCUT2D eigenvalue weighted by molar-refractivity contribution is 0.349. The van der Waals surface area contributed by atoms with Crippen LogP contribution in [-0.4, -0.2) is 34.0 Å². The molecule has 5 nitrogen and oxygen atoms in total. The molecule has 0 spiro atoms. The Hall–Kier alpha value is -2.12. The number of hydrogen-bond donors (Lipinski definition) is 0. The second kappa shape index (κ2) is 7.19. The number of halogens is 1. The summed E-state index contributed by atoms with van der Waals surface area (Å²) < 4.78 is 50.9. The molecule has 0 aromatic heterocycles. The molecular formula is C17H20FNO4S. The van der Waals surface area contributed by atoms with E-state index in [1.54, 1.807) is 0 Å². The number of nitrogens with zero attached hydrogens (tertiary/aromatic N) is 1. The Morgan fingerprint density at radius 3 is 2.25 bits per heavy atom. The van der Waals surface area contributed by atoms with Crippen LogP contribution in [0, 0.1) is 12.7 Å². The van der Waals surface area contributed by atoms with Crippen molar-refractivity contribution in [3.8, 4) is 11.5 Å². The molecule has 0 saturated heterocycles. The van der Waals surface area contributed by atoms with Crippen LogP contribution in [0.4, 0.5) is 4.39 Å². The lowest BCUT2D eigenvalue weighted by Gasteiger charge is -2.19. The summed E-state index contributed by atoms with van der Waals surface area (Å²) in [5, 5.41) is 0. The van der Waals surface area contributed by atoms with E-state index in [1.807, 2.05) is 31.2 Å². The summed E-state index contributed by atoms with van der Waals surface area (Å²) in [5.41, 5.74) is 1.82. The van der Waals surface area contributed by atoms with Gasteiger partial charge in [-0.2, -0.15) is 4.31 Å². The smallest absolute Gasteiger partial charge is 0.246 e. The highest BCUT2D eigenvalue weighted by Crippen LogP contribution is 2.33. The monoisotopic (exact) mass is 353 g/mol. The van der Waals surface area contributed by atoms with Gasteiger partial charge in [-0.25, -0.2) is 12.8 Å². The van der Waals surface area contributed by atoms with Crippen molar-refractivity contribution in [3.05, 3.63) is 53.3 Å². The maximum atomic E-state index is 14.3. The van der Waals surface area contributed by atoms with E-state index in [0.717, 1.165) is 27.6 Å². The minimum atomic E-state index is -4.02. The fourth-order valence-corrected chi connectivity index (χ4v) is 3.52. The van der Waals surface area contributed by atoms with Crippen molar-refractivity contribution in [2.24, 2.45) is 0 Å². The van der Waals surface area contributed by atoms with E-state index in [-0.39, 0.29) is 18.0 Å². The highest BCUT2D eigenvalue weighted by atomic mass is 32.2. The number of hydrogen-bond acceptors (Lipinski definition) is 4. The van der Waals surface area contributed by atoms with Crippen molar-refractivity contribution in [2.75, 3.05) is 21.3 Å². The molecule has 2 aromatic carbocycles. The van der Waals surface area contributed by atoms with Crippen molar-refractivity contribution in [1.82, 2.24) is 4.31 Å². The van der Waals surface area contributed by atoms with Crippen molar-refractivity contribution in [2.45, 2.75) is 18.4 Å². The molecule has 0 atom stereocenters. The zero-order chi connectivity index (χ0) is 17.9. The number of methoxy groups -OCH3 is 2. The highest BCUT2D eigenvalue weighted by Gasteiger charge is 2.27. The minimum absolute atomic E-state index is 0.135. The van der Waals surface area contributed by atoms with E-state index in [0.29, 0.717) is 0 Å². The Kier molecular flexibility index (Phi) is 5.46. The van der Waals surface area contributed by atoms with E-state index in [1.165, 1.54) is 21.3 Å². The van der Waals surface area contributed by atoms with Gasteiger partial charge >= 0.3 is 0 Å². The van der Waals surface area contributed by atoms with Gasteiger partial charge in [0.05, 0.1) is 14.2 Å². The molecule has 0 saturated carbocycles. The van der Waals surface area contributed by atoms with E-state index < -0.39 is 20.7 Å². The summed E-state index contributed by atoms with van der Waals surface area (Å²) in [6.07, 6.45) is 0. The zero-order valence-corrected chi connectivity index (χ0v) is 14.9. The molecular weight excluding hydrogens is 333 g/mol. The molecule has 0 unspecified atom stereocenters. The first-order valence-electron chi connectivity index (χ1n) is 7.23. The van der Waals surface area contributed by atoms with Gasteiger partial charge in [-0.3, -0.25) is 0 Å². The van der Waals surface area contributed by atoms with Gasteiger partial charge in [0.25, 0.3) is 0 Å². The first-order chi connectivity index (χ1) is 11.3. The third-order valence-electron chi connectivity index (χ3n) is 3.78. The van der Waals surface area contributed by atoms with Crippen molar-refractivity contribution in [1.29, 1.82) is 0 Å². The first-order valence-corrected chi connectivity index (χ1v) is 8.67. The van der Waals surface area contributed by atoms with Gasteiger partial charge in [0.15, 0.2) is 11.5 Å². The summed E-state index contributed by atoms with van der Waals surface area (Å²) in [6, 6.07) is 9.59. The average Bonchev–Trinajstić information content (AvgIpc) is 2.56. The third kappa shape index (κ3) is 3.52. The maximum Gasteiger partial charge on any atom is 0.246 e. The molecule has 2 aromatic rings. The second-order valence-electron chi connectivity index (χ2n) is 5.33. The van der Waals surface area contributed by atoms with Gasteiger partial charge in [-0.1, -0.05) is 24.3 Å². The van der Waals surface area contributed by atoms with E-state index >= 15 is 0 Å². The van der Waals surface area contributed by atoms with Gasteiger partial charge in [0.2, 0.25) is 10.0 Å². The Bertz CT molecular complexity index is 836. The van der Waals surface area contributed by atoms with E-state index in [9.17, 15) is 12.8 Å². The van der Waals surface area contributed by atoms with Crippen molar-refractivity contribution in [3.63, 3.8) is 0 Å². The number of aryl methyl sites for hydroxylation is 1. The number of sulfonamides is 1. The van der Waals surface area contributed by atoms with Crippen LogP contribution in [0.25, 0.3) is 0 Å². The molecule has 7 heteroatoms. The quantitative estimate of drug-likeness (QED) is 0.801. The molecule has 0 fully saturated rings. The van der Waals surface area contributed by atoms with Crippen molar-refractivity contribution >= 4 is 10.0 Å². The molecule has 0 heterocycles. The van der Waals surface area contributed by atoms with Crippen LogP contribution in [0.2, 0.25) is 0 Å². The van der Waals surface area contributed by atoms with Gasteiger partial charge in [0, 0.05) is 25.7 Å². The molecule has 130 valence electrons. The lowest BCUT2D eigenvalue weighted by atomic mass is 10.1. The first kappa shape index (κ1) is 18.2. The van der Waals surface area contributed by atoms with E-state index in [2.05, 4.69) is 0 Å². The van der Waals surface area contributed by atoms with Crippen LogP contribution < -0.4 is 9.47 Å². The lowest BCUT2D eigenvalue weighted by Crippen LogP contribution is -2.27. The molecule has 0 aliphatic heterocycles. The predicted molar refractivity (Wildman–Crippen MR) is 89.3 cm³/mol. The topological polar surface area (TPSA) is 55.8 Å². The molecule has 0 radical (unpaired) electrons. The predicted octanol–water partition coefficient (Wildman–Crippen LogP) is 2.97. The fraction of sp³-hybridized carbons (Fsp3) is 0.294. The molecule has 24 heavy (non-hydrogen) atoms. The number of rotatable bonds is 6. The molecule has 0 amide bonds. The summed E-state index contributed by atoms with van der Waals surface area (Å²) in [6.45, 7) is 2.04. The largest absolute Gasteiger partial charge is 0.493 e. The van der Waals surface area contributed by atoms with E-state index in [4.69, 9.17) is 9.47 Å². The van der Waals surface area contributed by atoms with Gasteiger partial charge in [0.1, 0.15) is 10.7 Å². The van der Waals surface area contributed by atoms with Gasteiger partial charge in [-0.15, -0.1) is 0 Å². The Morgan fingerprint density at radius 1 is 1.08 bits per heavy atom. The third-order valence-corrected chi connectivity index (χ3v) is 5.60. The summed E-state index contributed by atoms with van der Waals surface area (Å²) >= 11 is 0. The van der Waals surface area contributed by atoms with Crippen LogP contribution in [0.1, 0.15) is 11.1 Å². The summed E-state index contributed by atoms with van der Waals surface area (Å²) in [7, 11) is 0.116. The summed E-state index contributed by atoms with van der Waals surface area (Å²) in [5.74, 6) is -0.596. The standard InChI is InChI=1S/C17H20FNO4S/c1-12-7-5-6-8-13(12)11-19(2)24(20,21)17-10-16(23-4)15(22-3)9-14(17)18/h5-10H,11H2,1-4H3. The SMILES string of the molecule is COc1cc(F)c(S(=O)(=O)N(C)Cc2ccccc2C)cc1OC. The Labute approximate surface area is 141 Å². The zero-order valence-electron chi connectivity index (χ0n) is 14.0. The van der Waals surface area contributed by atoms with Crippen LogP contribution in [0.5, 0.6) is 11.5 Å². The van der Waals surface area contributed by atoms with Gasteiger partial charge in [-0.05, 0) is 18.1 Å². The minimum Gasteiger partial charge on any atom is -0.493 e. The van der Waals surface area contributed by atoms with Crippen LogP contribution in [0.15, 0.2) is 41.3 Å². The summed E-state index contributed by atoms with van der Waals surface area (Å²) in [4.78, 5) is -0.448. The maximum absolute atomic E-state index is 14.3. The van der Waals surface area contributed by atoms with Crippen molar-refractivity contribution < 1.29 is 22.3 Å². The van der Waals surface area contributed by atoms with Gasteiger partial charge < -0.3 is 9.47 Å². The second-order valence-corrected chi connectivity index (χ2v) is 7.34. The van der Waals surface area contributed by atoms with Crippen LogP contribution in [-0.2, 0) is 16.6 Å². The molecule has 0 aliphatic carbocycles. The Balaban J connectivity index is 2.41. The molecule has 0 N–H and O–H groups in total. The average molecular weight is 353 g/mol. The molecule has 0 aliphatic rings. The Morgan fingerprint density at radius 2 is 1.67 bits per heavy atom. The highest BCUT2D eigenvalue weighted by molar-refractivity contribution is 7.89. The number of ether oxygens (including phenoxy) is 2. The molecule has 0 bridgehead atoms. The van der Waals surface area contributed by atoms with Crippen LogP contribution >= 0.6 is 0 Å². The normalized spacial score (nSPS) is 11.6. The molecule has 2 rings (SSSR count). The fourth-order valence-electron chi connectivity index (χ4n) is 2.31.